The highest BCUT2D eigenvalue weighted by molar-refractivity contribution is 5.86. The van der Waals surface area contributed by atoms with E-state index in [1.165, 1.54) is 6.92 Å². The standard InChI is InChI=1S/C10H17NO4/c1-7(12)6-15-8(13)5-11-9(14)10(2,3)4/h5-6H2,1-4H3,(H,11,14). The fraction of sp³-hybridized carbons (Fsp3) is 0.700. The minimum atomic E-state index is -0.609. The van der Waals surface area contributed by atoms with Crippen LogP contribution in [0.25, 0.3) is 0 Å². The molecule has 5 nitrogen and oxygen atoms in total. The Hall–Kier alpha value is -1.39. The molecule has 0 aliphatic heterocycles. The van der Waals surface area contributed by atoms with Crippen molar-refractivity contribution in [3.05, 3.63) is 0 Å². The quantitative estimate of drug-likeness (QED) is 0.684. The highest BCUT2D eigenvalue weighted by atomic mass is 16.5. The molecule has 0 fully saturated rings. The van der Waals surface area contributed by atoms with Crippen molar-refractivity contribution < 1.29 is 19.1 Å². The van der Waals surface area contributed by atoms with Crippen LogP contribution in [0, 0.1) is 5.41 Å². The van der Waals surface area contributed by atoms with Crippen molar-refractivity contribution in [1.29, 1.82) is 0 Å². The molecule has 86 valence electrons. The number of ketones is 1. The van der Waals surface area contributed by atoms with Crippen LogP contribution in [0.3, 0.4) is 0 Å². The smallest absolute Gasteiger partial charge is 0.325 e. The topological polar surface area (TPSA) is 72.5 Å². The number of ether oxygens (including phenoxy) is 1. The summed E-state index contributed by atoms with van der Waals surface area (Å²) in [6, 6.07) is 0. The fourth-order valence-corrected chi connectivity index (χ4v) is 0.651. The summed E-state index contributed by atoms with van der Waals surface area (Å²) in [7, 11) is 0. The molecule has 0 atom stereocenters. The Morgan fingerprint density at radius 3 is 2.13 bits per heavy atom. The lowest BCUT2D eigenvalue weighted by atomic mass is 9.96. The monoisotopic (exact) mass is 215 g/mol. The van der Waals surface area contributed by atoms with E-state index >= 15 is 0 Å². The van der Waals surface area contributed by atoms with Crippen LogP contribution in [0.5, 0.6) is 0 Å². The van der Waals surface area contributed by atoms with Crippen LogP contribution in [-0.2, 0) is 19.1 Å². The number of Topliss-reactive ketones (excluding diaryl/α,β-unsaturated/α-hetero) is 1. The van der Waals surface area contributed by atoms with Crippen molar-refractivity contribution in [2.75, 3.05) is 13.2 Å². The molecule has 0 unspecified atom stereocenters. The van der Waals surface area contributed by atoms with Gasteiger partial charge in [-0.25, -0.2) is 0 Å². The molecule has 0 saturated carbocycles. The maximum Gasteiger partial charge on any atom is 0.325 e. The summed E-state index contributed by atoms with van der Waals surface area (Å²) in [6.45, 7) is 6.09. The molecule has 0 bridgehead atoms. The van der Waals surface area contributed by atoms with Gasteiger partial charge in [-0.1, -0.05) is 20.8 Å². The number of rotatable bonds is 4. The molecular weight excluding hydrogens is 198 g/mol. The van der Waals surface area contributed by atoms with E-state index in [1.54, 1.807) is 20.8 Å². The molecule has 0 rings (SSSR count). The third-order valence-corrected chi connectivity index (χ3v) is 1.51. The van der Waals surface area contributed by atoms with Gasteiger partial charge in [-0.3, -0.25) is 14.4 Å². The normalized spacial score (nSPS) is 10.7. The van der Waals surface area contributed by atoms with E-state index in [-0.39, 0.29) is 24.8 Å². The Morgan fingerprint density at radius 1 is 1.20 bits per heavy atom. The summed E-state index contributed by atoms with van der Waals surface area (Å²) in [6.07, 6.45) is 0. The molecule has 0 spiro atoms. The van der Waals surface area contributed by atoms with E-state index in [9.17, 15) is 14.4 Å². The van der Waals surface area contributed by atoms with Gasteiger partial charge in [0.2, 0.25) is 5.91 Å². The number of esters is 1. The molecule has 1 N–H and O–H groups in total. The van der Waals surface area contributed by atoms with Gasteiger partial charge in [0, 0.05) is 5.41 Å². The Morgan fingerprint density at radius 2 is 1.73 bits per heavy atom. The molecule has 1 amide bonds. The lowest BCUT2D eigenvalue weighted by molar-refractivity contribution is -0.147. The second kappa shape index (κ2) is 5.48. The van der Waals surface area contributed by atoms with Gasteiger partial charge in [-0.15, -0.1) is 0 Å². The number of nitrogens with one attached hydrogen (secondary N) is 1. The molecule has 0 aliphatic rings. The summed E-state index contributed by atoms with van der Waals surface area (Å²) < 4.78 is 4.56. The van der Waals surface area contributed by atoms with Crippen LogP contribution in [0.2, 0.25) is 0 Å². The summed E-state index contributed by atoms with van der Waals surface area (Å²) in [5, 5.41) is 2.42. The zero-order valence-electron chi connectivity index (χ0n) is 9.55. The van der Waals surface area contributed by atoms with E-state index in [4.69, 9.17) is 0 Å². The first-order valence-electron chi connectivity index (χ1n) is 4.67. The largest absolute Gasteiger partial charge is 0.456 e. The molecule has 15 heavy (non-hydrogen) atoms. The SMILES string of the molecule is CC(=O)COC(=O)CNC(=O)C(C)(C)C. The highest BCUT2D eigenvalue weighted by Crippen LogP contribution is 2.11. The van der Waals surface area contributed by atoms with Crippen LogP contribution in [0.4, 0.5) is 0 Å². The predicted octanol–water partition coefficient (Wildman–Crippen LogP) is 0.281. The molecule has 0 aromatic rings. The summed E-state index contributed by atoms with van der Waals surface area (Å²) >= 11 is 0. The van der Waals surface area contributed by atoms with Crippen molar-refractivity contribution in [1.82, 2.24) is 5.32 Å². The van der Waals surface area contributed by atoms with Crippen molar-refractivity contribution in [2.45, 2.75) is 27.7 Å². The van der Waals surface area contributed by atoms with Gasteiger partial charge in [0.15, 0.2) is 5.78 Å². The molecule has 0 saturated heterocycles. The lowest BCUT2D eigenvalue weighted by Crippen LogP contribution is -2.38. The predicted molar refractivity (Wildman–Crippen MR) is 54.1 cm³/mol. The Balaban J connectivity index is 3.82. The first-order valence-corrected chi connectivity index (χ1v) is 4.67. The fourth-order valence-electron chi connectivity index (χ4n) is 0.651. The average molecular weight is 215 g/mol. The zero-order valence-corrected chi connectivity index (χ0v) is 9.55. The first-order chi connectivity index (χ1) is 6.73. The molecule has 0 heterocycles. The number of hydrogen-bond acceptors (Lipinski definition) is 4. The van der Waals surface area contributed by atoms with Crippen LogP contribution in [0.1, 0.15) is 27.7 Å². The average Bonchev–Trinajstić information content (AvgIpc) is 2.09. The summed E-state index contributed by atoms with van der Waals surface area (Å²) in [5.74, 6) is -1.07. The number of hydrogen-bond donors (Lipinski definition) is 1. The molecular formula is C10H17NO4. The second-order valence-electron chi connectivity index (χ2n) is 4.30. The van der Waals surface area contributed by atoms with E-state index in [1.807, 2.05) is 0 Å². The third kappa shape index (κ3) is 6.65. The van der Waals surface area contributed by atoms with E-state index in [2.05, 4.69) is 10.1 Å². The molecule has 0 aromatic carbocycles. The number of amides is 1. The van der Waals surface area contributed by atoms with Crippen LogP contribution < -0.4 is 5.32 Å². The maximum atomic E-state index is 11.3. The molecule has 5 heteroatoms. The second-order valence-corrected chi connectivity index (χ2v) is 4.30. The van der Waals surface area contributed by atoms with Crippen molar-refractivity contribution in [3.63, 3.8) is 0 Å². The molecule has 0 aromatic heterocycles. The van der Waals surface area contributed by atoms with E-state index in [0.717, 1.165) is 0 Å². The zero-order chi connectivity index (χ0) is 12.1. The first kappa shape index (κ1) is 13.6. The van der Waals surface area contributed by atoms with E-state index < -0.39 is 11.4 Å². The van der Waals surface area contributed by atoms with Gasteiger partial charge in [0.05, 0.1) is 0 Å². The highest BCUT2D eigenvalue weighted by Gasteiger charge is 2.21. The summed E-state index contributed by atoms with van der Waals surface area (Å²) in [5.41, 5.74) is -0.541. The van der Waals surface area contributed by atoms with Gasteiger partial charge >= 0.3 is 5.97 Å². The third-order valence-electron chi connectivity index (χ3n) is 1.51. The number of carbonyl (C=O) groups is 3. The Labute approximate surface area is 89.2 Å². The van der Waals surface area contributed by atoms with Crippen molar-refractivity contribution >= 4 is 17.7 Å². The Kier molecular flexibility index (Phi) is 4.97. The van der Waals surface area contributed by atoms with Crippen molar-refractivity contribution in [3.8, 4) is 0 Å². The minimum Gasteiger partial charge on any atom is -0.456 e. The van der Waals surface area contributed by atoms with Crippen LogP contribution >= 0.6 is 0 Å². The molecule has 0 aliphatic carbocycles. The number of carbonyl (C=O) groups excluding carboxylic acids is 3. The summed E-state index contributed by atoms with van der Waals surface area (Å²) in [4.78, 5) is 32.8. The van der Waals surface area contributed by atoms with Gasteiger partial charge in [0.1, 0.15) is 13.2 Å². The Bertz CT molecular complexity index is 265. The van der Waals surface area contributed by atoms with E-state index in [0.29, 0.717) is 0 Å². The van der Waals surface area contributed by atoms with Gasteiger partial charge in [-0.05, 0) is 6.92 Å². The van der Waals surface area contributed by atoms with Crippen LogP contribution in [0.15, 0.2) is 0 Å². The van der Waals surface area contributed by atoms with Gasteiger partial charge in [-0.2, -0.15) is 0 Å². The van der Waals surface area contributed by atoms with Gasteiger partial charge < -0.3 is 10.1 Å². The minimum absolute atomic E-state index is 0.205. The maximum absolute atomic E-state index is 11.3. The lowest BCUT2D eigenvalue weighted by Gasteiger charge is -2.16. The van der Waals surface area contributed by atoms with Crippen LogP contribution in [-0.4, -0.2) is 30.8 Å². The molecule has 0 radical (unpaired) electrons. The van der Waals surface area contributed by atoms with Crippen molar-refractivity contribution in [2.24, 2.45) is 5.41 Å². The van der Waals surface area contributed by atoms with Gasteiger partial charge in [0.25, 0.3) is 0 Å².